The van der Waals surface area contributed by atoms with Crippen LogP contribution in [0, 0.1) is 0 Å². The minimum absolute atomic E-state index is 0.00524. The van der Waals surface area contributed by atoms with Gasteiger partial charge >= 0.3 is 0 Å². The summed E-state index contributed by atoms with van der Waals surface area (Å²) >= 11 is 0. The van der Waals surface area contributed by atoms with E-state index in [4.69, 9.17) is 4.74 Å². The number of benzene rings is 2. The highest BCUT2D eigenvalue weighted by molar-refractivity contribution is 5.99. The number of fused-ring (bicyclic) bond motifs is 1. The molecule has 2 aliphatic rings. The van der Waals surface area contributed by atoms with Crippen LogP contribution in [0.1, 0.15) is 73.2 Å². The van der Waals surface area contributed by atoms with Crippen molar-refractivity contribution in [1.82, 2.24) is 15.1 Å². The predicted molar refractivity (Wildman–Crippen MR) is 144 cm³/mol. The molecule has 0 aromatic heterocycles. The second kappa shape index (κ2) is 13.3. The van der Waals surface area contributed by atoms with Gasteiger partial charge in [0, 0.05) is 33.1 Å². The van der Waals surface area contributed by atoms with E-state index in [1.165, 1.54) is 5.56 Å². The molecule has 1 atom stereocenters. The highest BCUT2D eigenvalue weighted by Gasteiger charge is 2.31. The molecule has 2 aliphatic heterocycles. The van der Waals surface area contributed by atoms with Gasteiger partial charge in [0.15, 0.2) is 0 Å². The lowest BCUT2D eigenvalue weighted by Gasteiger charge is -2.35. The Labute approximate surface area is 220 Å². The lowest BCUT2D eigenvalue weighted by molar-refractivity contribution is -0.135. The molecule has 2 aromatic carbocycles. The van der Waals surface area contributed by atoms with Gasteiger partial charge in [-0.05, 0) is 55.7 Å². The highest BCUT2D eigenvalue weighted by Crippen LogP contribution is 2.28. The Morgan fingerprint density at radius 1 is 0.865 bits per heavy atom. The zero-order chi connectivity index (χ0) is 26.0. The average molecular weight is 506 g/mol. The maximum Gasteiger partial charge on any atom is 0.255 e. The highest BCUT2D eigenvalue weighted by atomic mass is 16.5. The van der Waals surface area contributed by atoms with E-state index in [2.05, 4.69) is 29.6 Å². The fourth-order valence-corrected chi connectivity index (χ4v) is 5.22. The Hall–Kier alpha value is -3.35. The maximum atomic E-state index is 13.6. The van der Waals surface area contributed by atoms with Crippen LogP contribution >= 0.6 is 0 Å². The standard InChI is InChI=1S/C30H39N3O4/c1-32-19-9-2-3-10-22-37-27-14-8-7-13-25(27)29(35)31-26(15-16-28(32)34)30(36)33-20-17-24(18-21-33)23-11-5-4-6-12-23/h4-8,11-14,24,26H,2-3,9-10,15-22H2,1H3,(H,31,35)/t26-/m0/s1. The van der Waals surface area contributed by atoms with E-state index in [0.29, 0.717) is 43.5 Å². The fourth-order valence-electron chi connectivity index (χ4n) is 5.22. The Balaban J connectivity index is 1.48. The van der Waals surface area contributed by atoms with Crippen LogP contribution < -0.4 is 10.1 Å². The van der Waals surface area contributed by atoms with Crippen LogP contribution in [0.5, 0.6) is 5.75 Å². The van der Waals surface area contributed by atoms with Gasteiger partial charge in [0.05, 0.1) is 12.2 Å². The second-order valence-electron chi connectivity index (χ2n) is 10.1. The number of carbonyl (C=O) groups excluding carboxylic acids is 3. The fraction of sp³-hybridized carbons (Fsp3) is 0.500. The number of para-hydroxylation sites is 1. The van der Waals surface area contributed by atoms with Crippen molar-refractivity contribution >= 4 is 17.7 Å². The van der Waals surface area contributed by atoms with Gasteiger partial charge in [-0.25, -0.2) is 0 Å². The molecule has 7 nitrogen and oxygen atoms in total. The molecule has 37 heavy (non-hydrogen) atoms. The lowest BCUT2D eigenvalue weighted by atomic mass is 9.89. The third-order valence-corrected chi connectivity index (χ3v) is 7.53. The first-order chi connectivity index (χ1) is 18.0. The largest absolute Gasteiger partial charge is 0.493 e. The first-order valence-electron chi connectivity index (χ1n) is 13.6. The number of carbonyl (C=O) groups is 3. The van der Waals surface area contributed by atoms with Crippen LogP contribution in [0.2, 0.25) is 0 Å². The summed E-state index contributed by atoms with van der Waals surface area (Å²) in [7, 11) is 1.81. The summed E-state index contributed by atoms with van der Waals surface area (Å²) in [4.78, 5) is 43.3. The molecule has 0 unspecified atom stereocenters. The molecular formula is C30H39N3O4. The smallest absolute Gasteiger partial charge is 0.255 e. The van der Waals surface area contributed by atoms with Gasteiger partial charge in [-0.1, -0.05) is 55.3 Å². The van der Waals surface area contributed by atoms with Gasteiger partial charge < -0.3 is 19.9 Å². The Morgan fingerprint density at radius 2 is 1.57 bits per heavy atom. The third-order valence-electron chi connectivity index (χ3n) is 7.53. The van der Waals surface area contributed by atoms with E-state index in [9.17, 15) is 14.4 Å². The predicted octanol–water partition coefficient (Wildman–Crippen LogP) is 4.38. The number of hydrogen-bond donors (Lipinski definition) is 1. The zero-order valence-corrected chi connectivity index (χ0v) is 21.9. The lowest BCUT2D eigenvalue weighted by Crippen LogP contribution is -2.51. The van der Waals surface area contributed by atoms with E-state index >= 15 is 0 Å². The van der Waals surface area contributed by atoms with Crippen molar-refractivity contribution in [3.63, 3.8) is 0 Å². The maximum absolute atomic E-state index is 13.6. The zero-order valence-electron chi connectivity index (χ0n) is 21.9. The van der Waals surface area contributed by atoms with Crippen LogP contribution in [0.25, 0.3) is 0 Å². The molecule has 0 bridgehead atoms. The van der Waals surface area contributed by atoms with Crippen molar-refractivity contribution in [3.05, 3.63) is 65.7 Å². The summed E-state index contributed by atoms with van der Waals surface area (Å²) in [6, 6.07) is 16.8. The molecule has 1 N–H and O–H groups in total. The monoisotopic (exact) mass is 505 g/mol. The molecule has 0 spiro atoms. The number of nitrogens with zero attached hydrogens (tertiary/aromatic N) is 2. The summed E-state index contributed by atoms with van der Waals surface area (Å²) in [5.74, 6) is 0.496. The Kier molecular flexibility index (Phi) is 9.58. The molecule has 0 saturated carbocycles. The van der Waals surface area contributed by atoms with Crippen molar-refractivity contribution in [1.29, 1.82) is 0 Å². The van der Waals surface area contributed by atoms with E-state index in [-0.39, 0.29) is 30.6 Å². The number of rotatable bonds is 2. The van der Waals surface area contributed by atoms with Gasteiger partial charge in [0.25, 0.3) is 5.91 Å². The first-order valence-corrected chi connectivity index (χ1v) is 13.6. The van der Waals surface area contributed by atoms with E-state index < -0.39 is 6.04 Å². The number of piperidine rings is 1. The van der Waals surface area contributed by atoms with E-state index in [0.717, 1.165) is 38.5 Å². The summed E-state index contributed by atoms with van der Waals surface area (Å²) in [6.45, 7) is 2.49. The van der Waals surface area contributed by atoms with Crippen molar-refractivity contribution in [2.24, 2.45) is 0 Å². The molecule has 7 heteroatoms. The van der Waals surface area contributed by atoms with Gasteiger partial charge in [-0.2, -0.15) is 0 Å². The molecule has 2 aromatic rings. The number of ether oxygens (including phenoxy) is 1. The van der Waals surface area contributed by atoms with Gasteiger partial charge in [0.2, 0.25) is 11.8 Å². The molecule has 0 radical (unpaired) electrons. The molecule has 4 rings (SSSR count). The van der Waals surface area contributed by atoms with Crippen LogP contribution in [0.3, 0.4) is 0 Å². The van der Waals surface area contributed by atoms with E-state index in [1.54, 1.807) is 23.1 Å². The quantitative estimate of drug-likeness (QED) is 0.657. The summed E-state index contributed by atoms with van der Waals surface area (Å²) in [5.41, 5.74) is 1.72. The average Bonchev–Trinajstić information content (AvgIpc) is 2.94. The van der Waals surface area contributed by atoms with Gasteiger partial charge in [-0.3, -0.25) is 14.4 Å². The van der Waals surface area contributed by atoms with Crippen LogP contribution in [0.15, 0.2) is 54.6 Å². The third kappa shape index (κ3) is 7.34. The van der Waals surface area contributed by atoms with Crippen LogP contribution in [-0.2, 0) is 9.59 Å². The number of likely N-dealkylation sites (tertiary alicyclic amines) is 1. The summed E-state index contributed by atoms with van der Waals surface area (Å²) in [6.07, 6.45) is 6.10. The Morgan fingerprint density at radius 3 is 2.35 bits per heavy atom. The van der Waals surface area contributed by atoms with Crippen LogP contribution in [-0.4, -0.2) is 66.9 Å². The van der Waals surface area contributed by atoms with Crippen LogP contribution in [0.4, 0.5) is 0 Å². The summed E-state index contributed by atoms with van der Waals surface area (Å²) < 4.78 is 5.94. The van der Waals surface area contributed by atoms with Crippen molar-refractivity contribution in [2.75, 3.05) is 33.3 Å². The Bertz CT molecular complexity index is 1050. The topological polar surface area (TPSA) is 79.0 Å². The number of amides is 3. The van der Waals surface area contributed by atoms with Gasteiger partial charge in [-0.15, -0.1) is 0 Å². The SMILES string of the molecule is CN1CCCCCCOc2ccccc2C(=O)N[C@H](C(=O)N2CCC(c3ccccc3)CC2)CCC1=O. The number of hydrogen-bond acceptors (Lipinski definition) is 4. The molecule has 1 saturated heterocycles. The summed E-state index contributed by atoms with van der Waals surface area (Å²) in [5, 5.41) is 2.95. The van der Waals surface area contributed by atoms with E-state index in [1.807, 2.05) is 24.1 Å². The molecule has 1 fully saturated rings. The normalized spacial score (nSPS) is 21.1. The molecule has 3 amide bonds. The first kappa shape index (κ1) is 26.7. The minimum atomic E-state index is -0.765. The molecule has 0 aliphatic carbocycles. The second-order valence-corrected chi connectivity index (χ2v) is 10.1. The molecule has 198 valence electrons. The molecular weight excluding hydrogens is 466 g/mol. The van der Waals surface area contributed by atoms with Crippen molar-refractivity contribution in [3.8, 4) is 5.75 Å². The number of nitrogens with one attached hydrogen (secondary N) is 1. The van der Waals surface area contributed by atoms with Crippen molar-refractivity contribution in [2.45, 2.75) is 63.3 Å². The van der Waals surface area contributed by atoms with Crippen molar-refractivity contribution < 1.29 is 19.1 Å². The minimum Gasteiger partial charge on any atom is -0.493 e. The van der Waals surface area contributed by atoms with Gasteiger partial charge in [0.1, 0.15) is 11.8 Å². The molecule has 2 heterocycles.